The van der Waals surface area contributed by atoms with Crippen LogP contribution in [0, 0.1) is 25.1 Å². The van der Waals surface area contributed by atoms with Crippen LogP contribution in [-0.2, 0) is 14.4 Å². The summed E-state index contributed by atoms with van der Waals surface area (Å²) < 4.78 is 40.3. The van der Waals surface area contributed by atoms with Crippen molar-refractivity contribution < 1.29 is 32.0 Å². The van der Waals surface area contributed by atoms with Crippen molar-refractivity contribution in [3.8, 4) is 0 Å². The third-order valence-electron chi connectivity index (χ3n) is 5.71. The van der Waals surface area contributed by atoms with Crippen LogP contribution in [0.3, 0.4) is 0 Å². The van der Waals surface area contributed by atoms with Crippen molar-refractivity contribution in [1.29, 1.82) is 0 Å². The summed E-state index contributed by atoms with van der Waals surface area (Å²) in [7, 11) is -7.60. The van der Waals surface area contributed by atoms with Gasteiger partial charge in [-0.3, -0.25) is 20.2 Å². The topological polar surface area (TPSA) is 173 Å². The van der Waals surface area contributed by atoms with Gasteiger partial charge in [-0.15, -0.1) is 0 Å². The highest BCUT2D eigenvalue weighted by atomic mass is 32.3. The van der Waals surface area contributed by atoms with Crippen LogP contribution in [0.15, 0.2) is 28.2 Å². The zero-order valence-electron chi connectivity index (χ0n) is 18.5. The van der Waals surface area contributed by atoms with E-state index in [9.17, 15) is 38.1 Å². The van der Waals surface area contributed by atoms with Gasteiger partial charge in [0.2, 0.25) is 4.90 Å². The minimum Gasteiger partial charge on any atom is -0.744 e. The average Bonchev–Trinajstić information content (AvgIpc) is 2.75. The zero-order chi connectivity index (χ0) is 25.1. The third kappa shape index (κ3) is 6.25. The van der Waals surface area contributed by atoms with E-state index in [1.54, 1.807) is 0 Å². The molecule has 1 unspecified atom stereocenters. The Morgan fingerprint density at radius 1 is 0.971 bits per heavy atom. The Kier molecular flexibility index (Phi) is 8.21. The van der Waals surface area contributed by atoms with Crippen LogP contribution >= 0.6 is 22.1 Å². The van der Waals surface area contributed by atoms with Gasteiger partial charge in [0.05, 0.1) is 14.8 Å². The Balaban J connectivity index is 2.00. The lowest BCUT2D eigenvalue weighted by atomic mass is 9.94. The maximum Gasteiger partial charge on any atom is 0.331 e. The van der Waals surface area contributed by atoms with Crippen LogP contribution in [-0.4, -0.2) is 57.0 Å². The first-order valence-electron chi connectivity index (χ1n) is 10.5. The predicted octanol–water partition coefficient (Wildman–Crippen LogP) is 4.50. The van der Waals surface area contributed by atoms with Gasteiger partial charge < -0.3 is 4.55 Å². The van der Waals surface area contributed by atoms with Gasteiger partial charge in [0, 0.05) is 23.5 Å². The van der Waals surface area contributed by atoms with Gasteiger partial charge in [-0.05, 0) is 54.6 Å². The molecule has 0 amide bonds. The van der Waals surface area contributed by atoms with Gasteiger partial charge in [0.25, 0.3) is 4.92 Å². The maximum absolute atomic E-state index is 13.0. The highest BCUT2D eigenvalue weighted by molar-refractivity contribution is 8.29. The second-order valence-electron chi connectivity index (χ2n) is 8.32. The van der Waals surface area contributed by atoms with E-state index in [-0.39, 0.29) is 4.92 Å². The number of nitrogens with zero attached hydrogens (tertiary/aromatic N) is 3. The Hall–Kier alpha value is -2.23. The molecule has 0 aromatic heterocycles. The molecule has 15 heteroatoms. The first kappa shape index (κ1) is 26.4. The lowest BCUT2D eigenvalue weighted by Gasteiger charge is -2.33. The van der Waals surface area contributed by atoms with E-state index in [2.05, 4.69) is 0 Å². The SMILES string of the molecule is CS1(O[N+](=O)c2cc([N+](=O)[O-])c(S(=O)(=O)[O-])c([N+](=O)[O-])c2)CCCCSCC2=C(CCCC2)C1. The summed E-state index contributed by atoms with van der Waals surface area (Å²) >= 11 is 1.90. The molecule has 0 bridgehead atoms. The molecule has 1 aliphatic carbocycles. The molecule has 2 aliphatic rings. The van der Waals surface area contributed by atoms with E-state index in [1.807, 2.05) is 18.0 Å². The first-order valence-corrected chi connectivity index (χ1v) is 15.4. The first-order chi connectivity index (χ1) is 15.9. The van der Waals surface area contributed by atoms with E-state index in [1.165, 1.54) is 11.1 Å². The molecule has 12 nitrogen and oxygen atoms in total. The number of benzene rings is 1. The summed E-state index contributed by atoms with van der Waals surface area (Å²) in [5.41, 5.74) is -0.677. The fourth-order valence-corrected chi connectivity index (χ4v) is 8.62. The van der Waals surface area contributed by atoms with Crippen LogP contribution in [0.25, 0.3) is 0 Å². The van der Waals surface area contributed by atoms with Gasteiger partial charge >= 0.3 is 17.1 Å². The molecule has 188 valence electrons. The van der Waals surface area contributed by atoms with Crippen LogP contribution < -0.4 is 0 Å². The molecule has 1 heterocycles. The molecule has 0 saturated carbocycles. The van der Waals surface area contributed by atoms with Crippen molar-refractivity contribution in [1.82, 2.24) is 0 Å². The molecule has 0 spiro atoms. The number of hydrogen-bond donors (Lipinski definition) is 0. The van der Waals surface area contributed by atoms with Crippen molar-refractivity contribution in [2.75, 3.05) is 29.3 Å². The Labute approximate surface area is 202 Å². The molecule has 1 aliphatic heterocycles. The molecule has 1 atom stereocenters. The highest BCUT2D eigenvalue weighted by Crippen LogP contribution is 2.51. The normalized spacial score (nSPS) is 23.8. The van der Waals surface area contributed by atoms with E-state index in [4.69, 9.17) is 4.28 Å². The van der Waals surface area contributed by atoms with Crippen molar-refractivity contribution in [3.63, 3.8) is 0 Å². The largest absolute Gasteiger partial charge is 0.744 e. The van der Waals surface area contributed by atoms with Gasteiger partial charge in [-0.2, -0.15) is 16.0 Å². The third-order valence-corrected chi connectivity index (χ3v) is 10.4. The summed E-state index contributed by atoms with van der Waals surface area (Å²) in [5, 5.41) is 22.8. The predicted molar refractivity (Wildman–Crippen MR) is 127 cm³/mol. The fraction of sp³-hybridized carbons (Fsp3) is 0.579. The molecule has 3 rings (SSSR count). The number of nitro benzene ring substituents is 2. The molecule has 0 radical (unpaired) electrons. The maximum atomic E-state index is 13.0. The second-order valence-corrected chi connectivity index (χ2v) is 14.0. The molecule has 34 heavy (non-hydrogen) atoms. The van der Waals surface area contributed by atoms with Crippen molar-refractivity contribution in [3.05, 3.63) is 48.4 Å². The summed E-state index contributed by atoms with van der Waals surface area (Å²) in [6.07, 6.45) is 7.65. The quantitative estimate of drug-likeness (QED) is 0.218. The van der Waals surface area contributed by atoms with Crippen LogP contribution in [0.5, 0.6) is 0 Å². The van der Waals surface area contributed by atoms with Gasteiger partial charge in [-0.1, -0.05) is 11.1 Å². The summed E-state index contributed by atoms with van der Waals surface area (Å²) in [5.74, 6) is 3.07. The van der Waals surface area contributed by atoms with Crippen LogP contribution in [0.2, 0.25) is 0 Å². The van der Waals surface area contributed by atoms with Gasteiger partial charge in [0.15, 0.2) is 0 Å². The average molecular weight is 536 g/mol. The summed E-state index contributed by atoms with van der Waals surface area (Å²) in [6, 6.07) is 1.05. The van der Waals surface area contributed by atoms with Gasteiger partial charge in [-0.25, -0.2) is 8.42 Å². The second kappa shape index (κ2) is 10.6. The van der Waals surface area contributed by atoms with E-state index >= 15 is 0 Å². The Morgan fingerprint density at radius 2 is 1.56 bits per heavy atom. The minimum atomic E-state index is -5.56. The molecule has 1 aromatic rings. The smallest absolute Gasteiger partial charge is 0.331 e. The molecule has 0 saturated heterocycles. The van der Waals surface area contributed by atoms with Crippen molar-refractivity contribution in [2.45, 2.75) is 43.4 Å². The number of nitro groups is 2. The van der Waals surface area contributed by atoms with Crippen molar-refractivity contribution in [2.24, 2.45) is 0 Å². The van der Waals surface area contributed by atoms with Crippen LogP contribution in [0.4, 0.5) is 17.1 Å². The molecular formula is C19H25N3O9S3. The van der Waals surface area contributed by atoms with Crippen molar-refractivity contribution >= 4 is 49.3 Å². The van der Waals surface area contributed by atoms with E-state index in [0.29, 0.717) is 23.6 Å². The molecule has 0 fully saturated rings. The minimum absolute atomic E-state index is 0.0138. The zero-order valence-corrected chi connectivity index (χ0v) is 20.9. The molecule has 1 aromatic carbocycles. The van der Waals surface area contributed by atoms with E-state index < -0.39 is 52.2 Å². The number of hydrogen-bond acceptors (Lipinski definition) is 10. The standard InChI is InChI=1S/C19H25N3O9S3/c1-33(9-5-4-8-32-12-14-6-2-3-7-15(14)13-33)31-22(27)16-10-17(20(23)24)19(34(28,29)30)18(11-16)21(25)26/h10-11H,2-9,12-13H2,1H3. The van der Waals surface area contributed by atoms with Gasteiger partial charge in [0.1, 0.15) is 22.3 Å². The Bertz CT molecular complexity index is 1120. The molecule has 0 N–H and O–H groups in total. The lowest BCUT2D eigenvalue weighted by molar-refractivity contribution is -0.696. The summed E-state index contributed by atoms with van der Waals surface area (Å²) in [4.78, 5) is 31.7. The number of rotatable bonds is 6. The Morgan fingerprint density at radius 3 is 2.12 bits per heavy atom. The molecular weight excluding hydrogens is 510 g/mol. The lowest BCUT2D eigenvalue weighted by Crippen LogP contribution is -2.20. The van der Waals surface area contributed by atoms with E-state index in [0.717, 1.165) is 50.0 Å². The fourth-order valence-electron chi connectivity index (χ4n) is 4.11. The highest BCUT2D eigenvalue weighted by Gasteiger charge is 2.39. The number of thioether (sulfide) groups is 1. The van der Waals surface area contributed by atoms with Crippen LogP contribution in [0.1, 0.15) is 38.5 Å². The summed E-state index contributed by atoms with van der Waals surface area (Å²) in [6.45, 7) is 0. The monoisotopic (exact) mass is 535 g/mol.